The van der Waals surface area contributed by atoms with Crippen LogP contribution in [-0.2, 0) is 11.2 Å². The van der Waals surface area contributed by atoms with E-state index < -0.39 is 0 Å². The molecule has 2 aliphatic rings. The normalized spacial score (nSPS) is 24.2. The lowest BCUT2D eigenvalue weighted by Crippen LogP contribution is -2.71. The Labute approximate surface area is 108 Å². The highest BCUT2D eigenvalue weighted by Gasteiger charge is 2.47. The van der Waals surface area contributed by atoms with E-state index in [1.165, 1.54) is 11.1 Å². The molecule has 96 valence electrons. The fraction of sp³-hybridized carbons (Fsp3) is 0.533. The lowest BCUT2D eigenvalue weighted by atomic mass is 9.74. The van der Waals surface area contributed by atoms with Gasteiger partial charge in [-0.3, -0.25) is 4.79 Å². The lowest BCUT2D eigenvalue weighted by Gasteiger charge is -2.52. The second kappa shape index (κ2) is 3.82. The highest BCUT2D eigenvalue weighted by Crippen LogP contribution is 2.38. The zero-order chi connectivity index (χ0) is 12.9. The monoisotopic (exact) mass is 244 g/mol. The number of amides is 1. The van der Waals surface area contributed by atoms with Crippen LogP contribution in [0.25, 0.3) is 0 Å². The molecule has 1 atom stereocenters. The number of hydrogen-bond acceptors (Lipinski definition) is 2. The largest absolute Gasteiger partial charge is 0.338 e. The molecule has 3 rings (SSSR count). The summed E-state index contributed by atoms with van der Waals surface area (Å²) in [6, 6.07) is 8.22. The number of fused-ring (bicyclic) bond motifs is 1. The van der Waals surface area contributed by atoms with Gasteiger partial charge in [0.25, 0.3) is 0 Å². The lowest BCUT2D eigenvalue weighted by molar-refractivity contribution is -0.142. The predicted molar refractivity (Wildman–Crippen MR) is 71.2 cm³/mol. The summed E-state index contributed by atoms with van der Waals surface area (Å²) in [6.07, 6.45) is 0.894. The van der Waals surface area contributed by atoms with Gasteiger partial charge in [-0.15, -0.1) is 0 Å². The van der Waals surface area contributed by atoms with Gasteiger partial charge in [-0.1, -0.05) is 38.1 Å². The molecule has 1 aliphatic carbocycles. The van der Waals surface area contributed by atoms with Crippen molar-refractivity contribution in [3.63, 3.8) is 0 Å². The Morgan fingerprint density at radius 3 is 2.67 bits per heavy atom. The van der Waals surface area contributed by atoms with E-state index in [9.17, 15) is 4.79 Å². The van der Waals surface area contributed by atoms with Crippen LogP contribution < -0.4 is 5.73 Å². The van der Waals surface area contributed by atoms with Gasteiger partial charge in [0.1, 0.15) is 0 Å². The van der Waals surface area contributed by atoms with Crippen molar-refractivity contribution in [3.8, 4) is 0 Å². The smallest absolute Gasteiger partial charge is 0.230 e. The van der Waals surface area contributed by atoms with E-state index >= 15 is 0 Å². The topological polar surface area (TPSA) is 46.3 Å². The summed E-state index contributed by atoms with van der Waals surface area (Å²) in [5.74, 6) is 0.767. The van der Waals surface area contributed by atoms with Gasteiger partial charge in [0.05, 0.1) is 11.5 Å². The summed E-state index contributed by atoms with van der Waals surface area (Å²) in [5, 5.41) is 0. The first-order valence-corrected chi connectivity index (χ1v) is 6.67. The highest BCUT2D eigenvalue weighted by atomic mass is 16.2. The summed E-state index contributed by atoms with van der Waals surface area (Å²) in [5.41, 5.74) is 8.59. The van der Waals surface area contributed by atoms with Crippen molar-refractivity contribution in [1.82, 2.24) is 4.90 Å². The second-order valence-electron chi connectivity index (χ2n) is 6.04. The number of benzene rings is 1. The van der Waals surface area contributed by atoms with Crippen LogP contribution in [0.2, 0.25) is 0 Å². The van der Waals surface area contributed by atoms with E-state index in [1.54, 1.807) is 0 Å². The van der Waals surface area contributed by atoms with E-state index in [1.807, 2.05) is 17.0 Å². The average Bonchev–Trinajstić information content (AvgIpc) is 2.26. The summed E-state index contributed by atoms with van der Waals surface area (Å²) < 4.78 is 0. The molecule has 3 nitrogen and oxygen atoms in total. The maximum Gasteiger partial charge on any atom is 0.230 e. The molecule has 1 aromatic rings. The van der Waals surface area contributed by atoms with E-state index in [-0.39, 0.29) is 17.4 Å². The highest BCUT2D eigenvalue weighted by molar-refractivity contribution is 5.87. The van der Waals surface area contributed by atoms with Crippen LogP contribution in [0.15, 0.2) is 24.3 Å². The van der Waals surface area contributed by atoms with Gasteiger partial charge >= 0.3 is 0 Å². The van der Waals surface area contributed by atoms with E-state index in [0.29, 0.717) is 19.0 Å². The first-order valence-electron chi connectivity index (χ1n) is 6.67. The van der Waals surface area contributed by atoms with Crippen LogP contribution >= 0.6 is 0 Å². The van der Waals surface area contributed by atoms with Crippen molar-refractivity contribution >= 4 is 5.91 Å². The van der Waals surface area contributed by atoms with Crippen molar-refractivity contribution in [2.75, 3.05) is 13.1 Å². The predicted octanol–water partition coefficient (Wildman–Crippen LogP) is 1.52. The van der Waals surface area contributed by atoms with Gasteiger partial charge in [-0.25, -0.2) is 0 Å². The second-order valence-corrected chi connectivity index (χ2v) is 6.04. The maximum absolute atomic E-state index is 12.4. The minimum absolute atomic E-state index is 0.0814. The third kappa shape index (κ3) is 1.57. The Morgan fingerprint density at radius 1 is 1.39 bits per heavy atom. The Kier molecular flexibility index (Phi) is 2.49. The standard InChI is InChI=1S/C15H20N2O/c1-10(2)15(16)8-17(9-15)14(18)13-7-11-5-3-4-6-12(11)13/h3-6,10,13H,7-9,16H2,1-2H3. The van der Waals surface area contributed by atoms with Crippen molar-refractivity contribution in [2.45, 2.75) is 31.7 Å². The Bertz CT molecular complexity index is 489. The number of nitrogens with two attached hydrogens (primary N) is 1. The van der Waals surface area contributed by atoms with Crippen LogP contribution in [0, 0.1) is 5.92 Å². The van der Waals surface area contributed by atoms with Crippen molar-refractivity contribution in [2.24, 2.45) is 11.7 Å². The van der Waals surface area contributed by atoms with Gasteiger partial charge in [-0.05, 0) is 23.5 Å². The van der Waals surface area contributed by atoms with E-state index in [0.717, 1.165) is 6.42 Å². The zero-order valence-electron chi connectivity index (χ0n) is 11.0. The molecule has 1 aliphatic heterocycles. The summed E-state index contributed by atoms with van der Waals surface area (Å²) >= 11 is 0. The minimum atomic E-state index is -0.168. The molecule has 1 fully saturated rings. The molecule has 0 saturated carbocycles. The van der Waals surface area contributed by atoms with Gasteiger partial charge in [0.2, 0.25) is 5.91 Å². The zero-order valence-corrected chi connectivity index (χ0v) is 11.0. The summed E-state index contributed by atoms with van der Waals surface area (Å²) in [6.45, 7) is 5.67. The van der Waals surface area contributed by atoms with Crippen LogP contribution in [0.5, 0.6) is 0 Å². The van der Waals surface area contributed by atoms with Crippen LogP contribution in [0.3, 0.4) is 0 Å². The van der Waals surface area contributed by atoms with E-state index in [2.05, 4.69) is 26.0 Å². The molecule has 1 aromatic carbocycles. The molecule has 3 heteroatoms. The SMILES string of the molecule is CC(C)C1(N)CN(C(=O)C2Cc3ccccc32)C1. The number of hydrogen-bond donors (Lipinski definition) is 1. The molecule has 2 N–H and O–H groups in total. The van der Waals surface area contributed by atoms with Gasteiger partial charge < -0.3 is 10.6 Å². The number of rotatable bonds is 2. The van der Waals surface area contributed by atoms with Crippen LogP contribution in [-0.4, -0.2) is 29.4 Å². The van der Waals surface area contributed by atoms with E-state index in [4.69, 9.17) is 5.73 Å². The molecular formula is C15H20N2O. The molecule has 0 bridgehead atoms. The van der Waals surface area contributed by atoms with Crippen LogP contribution in [0.1, 0.15) is 30.9 Å². The average molecular weight is 244 g/mol. The number of carbonyl (C=O) groups excluding carboxylic acids is 1. The number of nitrogens with zero attached hydrogens (tertiary/aromatic N) is 1. The van der Waals surface area contributed by atoms with Gasteiger partial charge in [-0.2, -0.15) is 0 Å². The molecule has 18 heavy (non-hydrogen) atoms. The van der Waals surface area contributed by atoms with Crippen molar-refractivity contribution in [3.05, 3.63) is 35.4 Å². The molecular weight excluding hydrogens is 224 g/mol. The van der Waals surface area contributed by atoms with Crippen molar-refractivity contribution in [1.29, 1.82) is 0 Å². The summed E-state index contributed by atoms with van der Waals surface area (Å²) in [7, 11) is 0. The Morgan fingerprint density at radius 2 is 2.06 bits per heavy atom. The molecule has 0 spiro atoms. The van der Waals surface area contributed by atoms with Gasteiger partial charge in [0, 0.05) is 13.1 Å². The Hall–Kier alpha value is -1.35. The first kappa shape index (κ1) is 11.7. The van der Waals surface area contributed by atoms with Crippen molar-refractivity contribution < 1.29 is 4.79 Å². The number of carbonyl (C=O) groups is 1. The third-order valence-corrected chi connectivity index (χ3v) is 4.58. The fourth-order valence-corrected chi connectivity index (χ4v) is 2.88. The van der Waals surface area contributed by atoms with Crippen LogP contribution in [0.4, 0.5) is 0 Å². The number of likely N-dealkylation sites (tertiary alicyclic amines) is 1. The Balaban J connectivity index is 1.66. The fourth-order valence-electron chi connectivity index (χ4n) is 2.88. The molecule has 1 unspecified atom stereocenters. The molecule has 0 aromatic heterocycles. The molecule has 1 heterocycles. The van der Waals surface area contributed by atoms with Gasteiger partial charge in [0.15, 0.2) is 0 Å². The minimum Gasteiger partial charge on any atom is -0.338 e. The molecule has 0 radical (unpaired) electrons. The first-order chi connectivity index (χ1) is 8.51. The third-order valence-electron chi connectivity index (χ3n) is 4.58. The maximum atomic E-state index is 12.4. The molecule has 1 saturated heterocycles. The quantitative estimate of drug-likeness (QED) is 0.857. The summed E-state index contributed by atoms with van der Waals surface area (Å²) in [4.78, 5) is 14.3. The molecule has 1 amide bonds.